The van der Waals surface area contributed by atoms with E-state index in [-0.39, 0.29) is 17.7 Å². The molecule has 130 valence electrons. The van der Waals surface area contributed by atoms with Crippen LogP contribution in [0.25, 0.3) is 0 Å². The van der Waals surface area contributed by atoms with E-state index in [0.29, 0.717) is 16.8 Å². The maximum atomic E-state index is 13.0. The lowest BCUT2D eigenvalue weighted by molar-refractivity contribution is -0.0767. The fourth-order valence-electron chi connectivity index (χ4n) is 2.99. The zero-order chi connectivity index (χ0) is 18.2. The number of carbonyl (C=O) groups is 1. The molecule has 0 saturated heterocycles. The molecule has 0 spiro atoms. The van der Waals surface area contributed by atoms with Crippen molar-refractivity contribution in [3.63, 3.8) is 0 Å². The van der Waals surface area contributed by atoms with Gasteiger partial charge >= 0.3 is 0 Å². The van der Waals surface area contributed by atoms with E-state index in [2.05, 4.69) is 30.9 Å². The monoisotopic (exact) mass is 337 g/mol. The normalized spacial score (nSPS) is 20.5. The molecule has 1 amide bonds. The van der Waals surface area contributed by atoms with Crippen molar-refractivity contribution < 1.29 is 9.90 Å². The van der Waals surface area contributed by atoms with Crippen molar-refractivity contribution >= 4 is 11.6 Å². The largest absolute Gasteiger partial charge is 0.365 e. The van der Waals surface area contributed by atoms with Crippen LogP contribution in [0.15, 0.2) is 53.9 Å². The number of aromatic nitrogens is 1. The van der Waals surface area contributed by atoms with Crippen molar-refractivity contribution in [2.24, 2.45) is 5.10 Å². The number of pyridine rings is 1. The fourth-order valence-corrected chi connectivity index (χ4v) is 2.99. The lowest BCUT2D eigenvalue weighted by atomic mass is 9.86. The Hall–Kier alpha value is -2.53. The fraction of sp³-hybridized carbons (Fsp3) is 0.350. The molecule has 1 aromatic heterocycles. The number of hydrogen-bond donors (Lipinski definition) is 1. The molecule has 2 aromatic rings. The molecule has 1 aliphatic rings. The summed E-state index contributed by atoms with van der Waals surface area (Å²) in [7, 11) is 0. The van der Waals surface area contributed by atoms with E-state index in [1.807, 2.05) is 12.1 Å². The van der Waals surface area contributed by atoms with Crippen molar-refractivity contribution in [3.05, 3.63) is 65.5 Å². The first-order chi connectivity index (χ1) is 11.7. The molecule has 3 rings (SSSR count). The van der Waals surface area contributed by atoms with Gasteiger partial charge in [-0.2, -0.15) is 10.1 Å². The quantitative estimate of drug-likeness (QED) is 0.913. The number of hydrazone groups is 1. The van der Waals surface area contributed by atoms with Gasteiger partial charge in [-0.15, -0.1) is 0 Å². The van der Waals surface area contributed by atoms with Crippen LogP contribution in [-0.2, 0) is 11.1 Å². The van der Waals surface area contributed by atoms with Crippen molar-refractivity contribution in [2.45, 2.75) is 45.3 Å². The number of amides is 1. The number of nitrogens with zero attached hydrogens (tertiary/aromatic N) is 3. The Kier molecular flexibility index (Phi) is 4.21. The van der Waals surface area contributed by atoms with Crippen LogP contribution in [0.5, 0.6) is 0 Å². The molecule has 0 fully saturated rings. The van der Waals surface area contributed by atoms with Crippen LogP contribution in [-0.4, -0.2) is 26.7 Å². The smallest absolute Gasteiger partial charge is 0.276 e. The zero-order valence-electron chi connectivity index (χ0n) is 15.0. The van der Waals surface area contributed by atoms with Gasteiger partial charge in [-0.1, -0.05) is 39.0 Å². The first kappa shape index (κ1) is 17.3. The van der Waals surface area contributed by atoms with Gasteiger partial charge in [0.2, 0.25) is 0 Å². The van der Waals surface area contributed by atoms with Crippen LogP contribution in [0.4, 0.5) is 0 Å². The molecular weight excluding hydrogens is 314 g/mol. The highest BCUT2D eigenvalue weighted by Crippen LogP contribution is 2.36. The van der Waals surface area contributed by atoms with Crippen LogP contribution >= 0.6 is 0 Å². The third-order valence-electron chi connectivity index (χ3n) is 4.44. The molecule has 5 heteroatoms. The van der Waals surface area contributed by atoms with E-state index in [1.54, 1.807) is 43.6 Å². The molecule has 1 aromatic carbocycles. The van der Waals surface area contributed by atoms with Crippen molar-refractivity contribution in [1.82, 2.24) is 9.99 Å². The van der Waals surface area contributed by atoms with Gasteiger partial charge < -0.3 is 5.11 Å². The minimum absolute atomic E-state index is 0.0143. The molecular formula is C20H23N3O2. The highest BCUT2D eigenvalue weighted by atomic mass is 16.3. The van der Waals surface area contributed by atoms with E-state index < -0.39 is 5.72 Å². The highest BCUT2D eigenvalue weighted by Gasteiger charge is 2.45. The number of hydrogen-bond acceptors (Lipinski definition) is 4. The number of benzene rings is 1. The van der Waals surface area contributed by atoms with Gasteiger partial charge in [-0.3, -0.25) is 9.78 Å². The average Bonchev–Trinajstić information content (AvgIpc) is 2.90. The summed E-state index contributed by atoms with van der Waals surface area (Å²) in [6.45, 7) is 8.18. The average molecular weight is 337 g/mol. The van der Waals surface area contributed by atoms with E-state index in [4.69, 9.17) is 0 Å². The Bertz CT molecular complexity index is 807. The maximum absolute atomic E-state index is 13.0. The summed E-state index contributed by atoms with van der Waals surface area (Å²) < 4.78 is 0. The Morgan fingerprint density at radius 2 is 1.88 bits per heavy atom. The number of rotatable bonds is 2. The molecule has 0 bridgehead atoms. The molecule has 0 aliphatic carbocycles. The minimum Gasteiger partial charge on any atom is -0.365 e. The molecule has 1 aliphatic heterocycles. The molecule has 5 nitrogen and oxygen atoms in total. The summed E-state index contributed by atoms with van der Waals surface area (Å²) in [4.78, 5) is 17.0. The van der Waals surface area contributed by atoms with E-state index in [9.17, 15) is 9.90 Å². The molecule has 25 heavy (non-hydrogen) atoms. The SMILES string of the molecule is CC1=NN(C(=O)c2ccc(C(C)(C)C)cc2)[C@](O)(c2cccnc2)C1. The maximum Gasteiger partial charge on any atom is 0.276 e. The van der Waals surface area contributed by atoms with Crippen LogP contribution in [0.3, 0.4) is 0 Å². The highest BCUT2D eigenvalue weighted by molar-refractivity contribution is 5.97. The predicted molar refractivity (Wildman–Crippen MR) is 97.2 cm³/mol. The number of aliphatic hydroxyl groups is 1. The Morgan fingerprint density at radius 1 is 1.20 bits per heavy atom. The topological polar surface area (TPSA) is 65.8 Å². The first-order valence-electron chi connectivity index (χ1n) is 8.34. The standard InChI is InChI=1S/C20H23N3O2/c1-14-12-20(25,17-6-5-11-21-13-17)23(22-14)18(24)15-7-9-16(10-8-15)19(2,3)4/h5-11,13,25H,12H2,1-4H3/t20-/m1/s1. The third-order valence-corrected chi connectivity index (χ3v) is 4.44. The molecule has 0 saturated carbocycles. The van der Waals surface area contributed by atoms with Gasteiger partial charge in [0.15, 0.2) is 5.72 Å². The minimum atomic E-state index is -1.50. The van der Waals surface area contributed by atoms with Gasteiger partial charge in [0.25, 0.3) is 5.91 Å². The van der Waals surface area contributed by atoms with E-state index in [0.717, 1.165) is 5.56 Å². The summed E-state index contributed by atoms with van der Waals surface area (Å²) in [5.74, 6) is -0.330. The molecule has 2 heterocycles. The summed E-state index contributed by atoms with van der Waals surface area (Å²) in [5.41, 5.74) is 1.40. The summed E-state index contributed by atoms with van der Waals surface area (Å²) in [5, 5.41) is 16.6. The van der Waals surface area contributed by atoms with Crippen molar-refractivity contribution in [1.29, 1.82) is 0 Å². The van der Waals surface area contributed by atoms with Gasteiger partial charge in [-0.05, 0) is 36.1 Å². The van der Waals surface area contributed by atoms with Crippen LogP contribution in [0.2, 0.25) is 0 Å². The van der Waals surface area contributed by atoms with Gasteiger partial charge in [0.05, 0.1) is 0 Å². The summed E-state index contributed by atoms with van der Waals surface area (Å²) in [6, 6.07) is 11.0. The molecule has 0 radical (unpaired) electrons. The van der Waals surface area contributed by atoms with E-state index >= 15 is 0 Å². The molecule has 1 N–H and O–H groups in total. The Morgan fingerprint density at radius 3 is 2.44 bits per heavy atom. The Balaban J connectivity index is 1.95. The van der Waals surface area contributed by atoms with Crippen molar-refractivity contribution in [3.8, 4) is 0 Å². The second-order valence-corrected chi connectivity index (χ2v) is 7.51. The Labute approximate surface area is 148 Å². The van der Waals surface area contributed by atoms with Gasteiger partial charge in [0, 0.05) is 35.7 Å². The first-order valence-corrected chi connectivity index (χ1v) is 8.34. The van der Waals surface area contributed by atoms with E-state index in [1.165, 1.54) is 5.01 Å². The third kappa shape index (κ3) is 3.20. The van der Waals surface area contributed by atoms with Crippen molar-refractivity contribution in [2.75, 3.05) is 0 Å². The summed E-state index contributed by atoms with van der Waals surface area (Å²) in [6.07, 6.45) is 3.47. The molecule has 0 unspecified atom stereocenters. The predicted octanol–water partition coefficient (Wildman–Crippen LogP) is 3.45. The lowest BCUT2D eigenvalue weighted by Gasteiger charge is -2.31. The van der Waals surface area contributed by atoms with Crippen LogP contribution in [0.1, 0.15) is 55.6 Å². The number of carbonyl (C=O) groups excluding carboxylic acids is 1. The van der Waals surface area contributed by atoms with Crippen LogP contribution in [0, 0.1) is 0 Å². The molecule has 1 atom stereocenters. The second-order valence-electron chi connectivity index (χ2n) is 7.51. The summed E-state index contributed by atoms with van der Waals surface area (Å²) >= 11 is 0. The van der Waals surface area contributed by atoms with Gasteiger partial charge in [0.1, 0.15) is 0 Å². The lowest BCUT2D eigenvalue weighted by Crippen LogP contribution is -2.43. The van der Waals surface area contributed by atoms with Gasteiger partial charge in [-0.25, -0.2) is 0 Å². The zero-order valence-corrected chi connectivity index (χ0v) is 15.0. The second kappa shape index (κ2) is 6.08. The van der Waals surface area contributed by atoms with Crippen LogP contribution < -0.4 is 0 Å².